The summed E-state index contributed by atoms with van der Waals surface area (Å²) >= 11 is 0. The van der Waals surface area contributed by atoms with Crippen LogP contribution in [0.1, 0.15) is 44.5 Å². The van der Waals surface area contributed by atoms with Crippen molar-refractivity contribution in [2.45, 2.75) is 47.0 Å². The van der Waals surface area contributed by atoms with E-state index in [1.165, 1.54) is 33.5 Å². The van der Waals surface area contributed by atoms with Crippen molar-refractivity contribution in [3.8, 4) is 22.4 Å². The standard InChI is InChI=1S/C29H32N/c1-19-15-25(29(4,5)6)18-27(21(19)3)28-26-14-13-23(22-11-9-8-10-12-22)17-24(26)16-20(2)30(28)7/h8-18H,1-7H3/q+1/i16D. The van der Waals surface area contributed by atoms with Crippen LogP contribution in [-0.2, 0) is 12.5 Å². The number of hydrogen-bond donors (Lipinski definition) is 0. The largest absolute Gasteiger partial charge is 0.220 e. The maximum atomic E-state index is 8.86. The lowest BCUT2D eigenvalue weighted by Gasteiger charge is -2.22. The van der Waals surface area contributed by atoms with Crippen molar-refractivity contribution >= 4 is 10.8 Å². The highest BCUT2D eigenvalue weighted by Gasteiger charge is 2.24. The summed E-state index contributed by atoms with van der Waals surface area (Å²) in [4.78, 5) is 0. The molecule has 1 heterocycles. The molecule has 0 radical (unpaired) electrons. The summed E-state index contributed by atoms with van der Waals surface area (Å²) in [6, 6.07) is 22.2. The van der Waals surface area contributed by atoms with E-state index in [2.05, 4.69) is 108 Å². The van der Waals surface area contributed by atoms with E-state index < -0.39 is 0 Å². The van der Waals surface area contributed by atoms with Crippen LogP contribution < -0.4 is 4.57 Å². The molecule has 1 heteroatoms. The Balaban J connectivity index is 2.07. The number of aryl methyl sites for hydroxylation is 1. The van der Waals surface area contributed by atoms with Crippen molar-refractivity contribution in [2.75, 3.05) is 0 Å². The van der Waals surface area contributed by atoms with Crippen LogP contribution >= 0.6 is 0 Å². The number of hydrogen-bond acceptors (Lipinski definition) is 0. The molecule has 3 aromatic carbocycles. The maximum Gasteiger partial charge on any atom is 0.220 e. The van der Waals surface area contributed by atoms with Crippen molar-refractivity contribution in [1.29, 1.82) is 0 Å². The fraction of sp³-hybridized carbons (Fsp3) is 0.276. The molecule has 0 saturated heterocycles. The van der Waals surface area contributed by atoms with Gasteiger partial charge in [-0.25, -0.2) is 0 Å². The van der Waals surface area contributed by atoms with Gasteiger partial charge in [-0.3, -0.25) is 0 Å². The molecule has 0 atom stereocenters. The Morgan fingerprint density at radius 2 is 1.53 bits per heavy atom. The fourth-order valence-corrected chi connectivity index (χ4v) is 4.16. The maximum absolute atomic E-state index is 8.86. The predicted molar refractivity (Wildman–Crippen MR) is 129 cm³/mol. The first kappa shape index (κ1) is 19.1. The first-order valence-corrected chi connectivity index (χ1v) is 10.7. The third-order valence-electron chi connectivity index (χ3n) is 6.32. The summed E-state index contributed by atoms with van der Waals surface area (Å²) in [6.07, 6.45) is 0. The zero-order valence-electron chi connectivity index (χ0n) is 20.2. The minimum atomic E-state index is 0.0759. The van der Waals surface area contributed by atoms with Gasteiger partial charge in [0.05, 0.1) is 12.3 Å². The third-order valence-corrected chi connectivity index (χ3v) is 6.32. The highest BCUT2D eigenvalue weighted by atomic mass is 14.9. The van der Waals surface area contributed by atoms with Gasteiger partial charge < -0.3 is 0 Å². The summed E-state index contributed by atoms with van der Waals surface area (Å²) in [5, 5.41) is 2.14. The van der Waals surface area contributed by atoms with Crippen LogP contribution in [0.25, 0.3) is 33.2 Å². The molecular weight excluding hydrogens is 362 g/mol. The summed E-state index contributed by atoms with van der Waals surface area (Å²) < 4.78 is 11.1. The van der Waals surface area contributed by atoms with E-state index in [0.29, 0.717) is 6.04 Å². The Labute approximate surface area is 182 Å². The molecule has 0 aliphatic carbocycles. The predicted octanol–water partition coefficient (Wildman–Crippen LogP) is 7.22. The molecule has 0 bridgehead atoms. The van der Waals surface area contributed by atoms with Crippen LogP contribution in [-0.4, -0.2) is 0 Å². The molecule has 0 fully saturated rings. The molecule has 30 heavy (non-hydrogen) atoms. The van der Waals surface area contributed by atoms with Crippen LogP contribution in [0.5, 0.6) is 0 Å². The van der Waals surface area contributed by atoms with E-state index in [1.807, 2.05) is 6.07 Å². The van der Waals surface area contributed by atoms with Crippen LogP contribution in [0.3, 0.4) is 0 Å². The van der Waals surface area contributed by atoms with Gasteiger partial charge in [0, 0.05) is 13.0 Å². The highest BCUT2D eigenvalue weighted by Crippen LogP contribution is 2.35. The van der Waals surface area contributed by atoms with Gasteiger partial charge in [-0.1, -0.05) is 63.2 Å². The van der Waals surface area contributed by atoms with Crippen molar-refractivity contribution < 1.29 is 5.94 Å². The lowest BCUT2D eigenvalue weighted by atomic mass is 9.82. The first-order chi connectivity index (χ1) is 14.6. The molecule has 0 unspecified atom stereocenters. The zero-order chi connectivity index (χ0) is 22.5. The second-order valence-electron chi connectivity index (χ2n) is 9.46. The normalized spacial score (nSPS) is 12.3. The van der Waals surface area contributed by atoms with Gasteiger partial charge in [-0.2, -0.15) is 4.57 Å². The van der Waals surface area contributed by atoms with Crippen molar-refractivity contribution in [3.63, 3.8) is 0 Å². The molecule has 1 nitrogen and oxygen atoms in total. The summed E-state index contributed by atoms with van der Waals surface area (Å²) in [6.45, 7) is 13.3. The van der Waals surface area contributed by atoms with Crippen LogP contribution in [0, 0.1) is 20.8 Å². The summed E-state index contributed by atoms with van der Waals surface area (Å²) in [5.41, 5.74) is 9.78. The van der Waals surface area contributed by atoms with Crippen LogP contribution in [0.15, 0.2) is 66.7 Å². The zero-order valence-corrected chi connectivity index (χ0v) is 19.2. The minimum Gasteiger partial charge on any atom is -0.198 e. The lowest BCUT2D eigenvalue weighted by Crippen LogP contribution is -2.35. The molecule has 0 amide bonds. The number of aromatic nitrogens is 1. The van der Waals surface area contributed by atoms with E-state index in [0.717, 1.165) is 22.0 Å². The second-order valence-corrected chi connectivity index (χ2v) is 9.46. The third kappa shape index (κ3) is 3.54. The lowest BCUT2D eigenvalue weighted by molar-refractivity contribution is -0.665. The summed E-state index contributed by atoms with van der Waals surface area (Å²) in [7, 11) is 2.09. The Morgan fingerprint density at radius 1 is 0.833 bits per heavy atom. The highest BCUT2D eigenvalue weighted by molar-refractivity contribution is 5.96. The van der Waals surface area contributed by atoms with Crippen molar-refractivity contribution in [1.82, 2.24) is 0 Å². The number of nitrogens with zero attached hydrogens (tertiary/aromatic N) is 1. The van der Waals surface area contributed by atoms with Gasteiger partial charge in [-0.05, 0) is 70.7 Å². The van der Waals surface area contributed by atoms with E-state index >= 15 is 0 Å². The average Bonchev–Trinajstić information content (AvgIpc) is 2.74. The van der Waals surface area contributed by atoms with E-state index in [4.69, 9.17) is 1.37 Å². The molecule has 0 aliphatic rings. The fourth-order valence-electron chi connectivity index (χ4n) is 4.16. The van der Waals surface area contributed by atoms with E-state index in [-0.39, 0.29) is 5.41 Å². The molecule has 152 valence electrons. The van der Waals surface area contributed by atoms with Gasteiger partial charge in [0.15, 0.2) is 5.69 Å². The Morgan fingerprint density at radius 3 is 2.20 bits per heavy atom. The van der Waals surface area contributed by atoms with Gasteiger partial charge in [0.1, 0.15) is 7.05 Å². The molecular formula is C29H32N+. The molecule has 1 aromatic heterocycles. The minimum absolute atomic E-state index is 0.0759. The monoisotopic (exact) mass is 395 g/mol. The van der Waals surface area contributed by atoms with Crippen molar-refractivity contribution in [2.24, 2.45) is 7.05 Å². The molecule has 0 aliphatic heterocycles. The van der Waals surface area contributed by atoms with Crippen LogP contribution in [0.4, 0.5) is 0 Å². The Hall–Kier alpha value is -2.93. The average molecular weight is 396 g/mol. The topological polar surface area (TPSA) is 3.88 Å². The quantitative estimate of drug-likeness (QED) is 0.315. The summed E-state index contributed by atoms with van der Waals surface area (Å²) in [5.74, 6) is 0. The Bertz CT molecular complexity index is 1290. The van der Waals surface area contributed by atoms with E-state index in [9.17, 15) is 0 Å². The molecule has 4 rings (SSSR count). The second kappa shape index (κ2) is 7.40. The molecule has 0 N–H and O–H groups in total. The molecule has 4 aromatic rings. The SMILES string of the molecule is [2H]c1c(C)[n+](C)c(-c2cc(C(C)(C)C)cc(C)c2C)c2ccc(-c3ccccc3)cc12. The van der Waals surface area contributed by atoms with Gasteiger partial charge >= 0.3 is 0 Å². The van der Waals surface area contributed by atoms with Crippen molar-refractivity contribution in [3.05, 3.63) is 89.1 Å². The number of rotatable bonds is 2. The Kier molecular flexibility index (Phi) is 4.70. The van der Waals surface area contributed by atoms with Gasteiger partial charge in [-0.15, -0.1) is 0 Å². The number of fused-ring (bicyclic) bond motifs is 1. The van der Waals surface area contributed by atoms with Crippen LogP contribution in [0.2, 0.25) is 0 Å². The first-order valence-electron chi connectivity index (χ1n) is 11.2. The molecule has 0 saturated carbocycles. The smallest absolute Gasteiger partial charge is 0.198 e. The van der Waals surface area contributed by atoms with Gasteiger partial charge in [0.25, 0.3) is 0 Å². The number of pyridine rings is 1. The van der Waals surface area contributed by atoms with E-state index in [1.54, 1.807) is 0 Å². The van der Waals surface area contributed by atoms with Gasteiger partial charge in [0.2, 0.25) is 5.69 Å². The number of benzene rings is 3. The molecule has 0 spiro atoms.